The molecule has 1 saturated heterocycles. The van der Waals surface area contributed by atoms with Crippen LogP contribution in [-0.4, -0.2) is 21.4 Å². The number of nitrogens with zero attached hydrogens (tertiary/aromatic N) is 2. The largest absolute Gasteiger partial charge is 0.390 e. The van der Waals surface area contributed by atoms with E-state index in [1.54, 1.807) is 4.68 Å². The molecule has 1 atom stereocenters. The first-order chi connectivity index (χ1) is 6.81. The molecular weight excluding hydrogens is 178 g/mol. The van der Waals surface area contributed by atoms with Gasteiger partial charge in [-0.25, -0.2) is 0 Å². The molecule has 0 bridgehead atoms. The average molecular weight is 195 g/mol. The molecule has 14 heavy (non-hydrogen) atoms. The summed E-state index contributed by atoms with van der Waals surface area (Å²) in [5.74, 6) is 0. The first-order valence-electron chi connectivity index (χ1n) is 5.18. The molecular formula is C10H17N3O. The molecule has 4 heteroatoms. The van der Waals surface area contributed by atoms with Crippen LogP contribution in [0.1, 0.15) is 36.7 Å². The lowest BCUT2D eigenvalue weighted by molar-refractivity contribution is 0.270. The Kier molecular flexibility index (Phi) is 2.84. The number of aryl methyl sites for hydroxylation is 1. The second-order valence-electron chi connectivity index (χ2n) is 3.84. The van der Waals surface area contributed by atoms with Gasteiger partial charge in [-0.05, 0) is 25.5 Å². The summed E-state index contributed by atoms with van der Waals surface area (Å²) in [5.41, 5.74) is 1.95. The van der Waals surface area contributed by atoms with Gasteiger partial charge in [-0.15, -0.1) is 0 Å². The third-order valence-electron chi connectivity index (χ3n) is 2.82. The van der Waals surface area contributed by atoms with Crippen molar-refractivity contribution in [2.24, 2.45) is 7.05 Å². The van der Waals surface area contributed by atoms with Crippen molar-refractivity contribution in [2.75, 3.05) is 6.54 Å². The number of aliphatic hydroxyl groups excluding tert-OH is 1. The standard InChI is InChI=1S/C10H17N3O/c1-13-8(7-14)6-10(12-13)9-4-2-3-5-11-9/h6,9,11,14H,2-5,7H2,1H3/t9-/m0/s1. The van der Waals surface area contributed by atoms with E-state index in [1.807, 2.05) is 13.1 Å². The molecule has 0 unspecified atom stereocenters. The first kappa shape index (κ1) is 9.68. The van der Waals surface area contributed by atoms with Gasteiger partial charge >= 0.3 is 0 Å². The molecule has 0 spiro atoms. The molecule has 0 saturated carbocycles. The summed E-state index contributed by atoms with van der Waals surface area (Å²) in [5, 5.41) is 16.9. The number of hydrogen-bond acceptors (Lipinski definition) is 3. The van der Waals surface area contributed by atoms with Crippen LogP contribution in [0.3, 0.4) is 0 Å². The lowest BCUT2D eigenvalue weighted by atomic mass is 10.0. The van der Waals surface area contributed by atoms with E-state index in [9.17, 15) is 0 Å². The second-order valence-corrected chi connectivity index (χ2v) is 3.84. The number of aromatic nitrogens is 2. The van der Waals surface area contributed by atoms with E-state index in [0.29, 0.717) is 6.04 Å². The molecule has 4 nitrogen and oxygen atoms in total. The third-order valence-corrected chi connectivity index (χ3v) is 2.82. The van der Waals surface area contributed by atoms with E-state index < -0.39 is 0 Å². The minimum Gasteiger partial charge on any atom is -0.390 e. The van der Waals surface area contributed by atoms with Crippen LogP contribution in [0.15, 0.2) is 6.07 Å². The number of aliphatic hydroxyl groups is 1. The van der Waals surface area contributed by atoms with E-state index >= 15 is 0 Å². The zero-order chi connectivity index (χ0) is 9.97. The highest BCUT2D eigenvalue weighted by Crippen LogP contribution is 2.22. The summed E-state index contributed by atoms with van der Waals surface area (Å²) in [6.45, 7) is 1.14. The highest BCUT2D eigenvalue weighted by molar-refractivity contribution is 5.13. The molecule has 0 aliphatic carbocycles. The summed E-state index contributed by atoms with van der Waals surface area (Å²) in [4.78, 5) is 0. The maximum Gasteiger partial charge on any atom is 0.0849 e. The Hall–Kier alpha value is -0.870. The Morgan fingerprint density at radius 1 is 1.64 bits per heavy atom. The number of piperidine rings is 1. The fraction of sp³-hybridized carbons (Fsp3) is 0.700. The van der Waals surface area contributed by atoms with Crippen LogP contribution in [0, 0.1) is 0 Å². The Morgan fingerprint density at radius 3 is 3.07 bits per heavy atom. The zero-order valence-electron chi connectivity index (χ0n) is 8.53. The van der Waals surface area contributed by atoms with Gasteiger partial charge in [0.05, 0.1) is 24.0 Å². The van der Waals surface area contributed by atoms with Gasteiger partial charge < -0.3 is 10.4 Å². The van der Waals surface area contributed by atoms with E-state index in [0.717, 1.165) is 24.4 Å². The van der Waals surface area contributed by atoms with Crippen LogP contribution in [0.5, 0.6) is 0 Å². The number of nitrogens with one attached hydrogen (secondary N) is 1. The molecule has 2 heterocycles. The number of rotatable bonds is 2. The fourth-order valence-corrected chi connectivity index (χ4v) is 1.95. The van der Waals surface area contributed by atoms with Gasteiger partial charge in [-0.3, -0.25) is 4.68 Å². The van der Waals surface area contributed by atoms with Crippen molar-refractivity contribution in [3.8, 4) is 0 Å². The smallest absolute Gasteiger partial charge is 0.0849 e. The van der Waals surface area contributed by atoms with Gasteiger partial charge in [0.1, 0.15) is 0 Å². The van der Waals surface area contributed by atoms with Gasteiger partial charge in [-0.1, -0.05) is 6.42 Å². The average Bonchev–Trinajstić information content (AvgIpc) is 2.61. The normalized spacial score (nSPS) is 22.6. The van der Waals surface area contributed by atoms with Gasteiger partial charge in [0, 0.05) is 7.05 Å². The summed E-state index contributed by atoms with van der Waals surface area (Å²) < 4.78 is 1.76. The van der Waals surface area contributed by atoms with Crippen molar-refractivity contribution in [3.63, 3.8) is 0 Å². The molecule has 2 rings (SSSR count). The van der Waals surface area contributed by atoms with Crippen molar-refractivity contribution in [1.29, 1.82) is 0 Å². The second kappa shape index (κ2) is 4.11. The van der Waals surface area contributed by atoms with Gasteiger partial charge in [0.2, 0.25) is 0 Å². The van der Waals surface area contributed by atoms with Crippen LogP contribution in [-0.2, 0) is 13.7 Å². The monoisotopic (exact) mass is 195 g/mol. The molecule has 1 aromatic heterocycles. The molecule has 1 fully saturated rings. The fourth-order valence-electron chi connectivity index (χ4n) is 1.95. The molecule has 78 valence electrons. The van der Waals surface area contributed by atoms with Gasteiger partial charge in [0.25, 0.3) is 0 Å². The van der Waals surface area contributed by atoms with E-state index in [1.165, 1.54) is 12.8 Å². The Bertz CT molecular complexity index is 302. The third kappa shape index (κ3) is 1.81. The summed E-state index contributed by atoms with van der Waals surface area (Å²) >= 11 is 0. The highest BCUT2D eigenvalue weighted by Gasteiger charge is 2.18. The summed E-state index contributed by atoms with van der Waals surface area (Å²) in [6.07, 6.45) is 3.68. The van der Waals surface area contributed by atoms with E-state index in [4.69, 9.17) is 5.11 Å². The van der Waals surface area contributed by atoms with Crippen molar-refractivity contribution < 1.29 is 5.11 Å². The van der Waals surface area contributed by atoms with Crippen LogP contribution < -0.4 is 5.32 Å². The van der Waals surface area contributed by atoms with Crippen LogP contribution in [0.25, 0.3) is 0 Å². The van der Waals surface area contributed by atoms with E-state index in [2.05, 4.69) is 10.4 Å². The Morgan fingerprint density at radius 2 is 2.50 bits per heavy atom. The number of hydrogen-bond donors (Lipinski definition) is 2. The Labute approximate surface area is 83.9 Å². The molecule has 1 aliphatic rings. The minimum absolute atomic E-state index is 0.0657. The molecule has 1 aromatic rings. The first-order valence-corrected chi connectivity index (χ1v) is 5.18. The van der Waals surface area contributed by atoms with Crippen LogP contribution >= 0.6 is 0 Å². The van der Waals surface area contributed by atoms with Crippen molar-refractivity contribution >= 4 is 0 Å². The van der Waals surface area contributed by atoms with Crippen LogP contribution in [0.2, 0.25) is 0 Å². The molecule has 2 N–H and O–H groups in total. The molecule has 0 amide bonds. The summed E-state index contributed by atoms with van der Waals surface area (Å²) in [7, 11) is 1.87. The van der Waals surface area contributed by atoms with Crippen molar-refractivity contribution in [1.82, 2.24) is 15.1 Å². The topological polar surface area (TPSA) is 50.1 Å². The predicted molar refractivity (Wildman–Crippen MR) is 53.7 cm³/mol. The zero-order valence-corrected chi connectivity index (χ0v) is 8.53. The highest BCUT2D eigenvalue weighted by atomic mass is 16.3. The molecule has 0 aromatic carbocycles. The quantitative estimate of drug-likeness (QED) is 0.731. The maximum atomic E-state index is 9.05. The van der Waals surface area contributed by atoms with Gasteiger partial charge in [-0.2, -0.15) is 5.10 Å². The SMILES string of the molecule is Cn1nc([C@@H]2CCCCN2)cc1CO. The lowest BCUT2D eigenvalue weighted by Gasteiger charge is -2.21. The van der Waals surface area contributed by atoms with E-state index in [-0.39, 0.29) is 6.61 Å². The van der Waals surface area contributed by atoms with Crippen LogP contribution in [0.4, 0.5) is 0 Å². The van der Waals surface area contributed by atoms with Crippen molar-refractivity contribution in [2.45, 2.75) is 31.9 Å². The predicted octanol–water partition coefficient (Wildman–Crippen LogP) is 0.727. The maximum absolute atomic E-state index is 9.05. The molecule has 1 aliphatic heterocycles. The van der Waals surface area contributed by atoms with Crippen molar-refractivity contribution in [3.05, 3.63) is 17.5 Å². The van der Waals surface area contributed by atoms with Gasteiger partial charge in [0.15, 0.2) is 0 Å². The lowest BCUT2D eigenvalue weighted by Crippen LogP contribution is -2.27. The molecule has 0 radical (unpaired) electrons. The Balaban J connectivity index is 2.14. The summed E-state index contributed by atoms with van der Waals surface area (Å²) in [6, 6.07) is 2.37. The minimum atomic E-state index is 0.0657.